The van der Waals surface area contributed by atoms with E-state index >= 15 is 0 Å². The van der Waals surface area contributed by atoms with Crippen molar-refractivity contribution in [3.63, 3.8) is 0 Å². The molecule has 5 rings (SSSR count). The van der Waals surface area contributed by atoms with Crippen LogP contribution in [0, 0.1) is 11.8 Å². The molecule has 32 heavy (non-hydrogen) atoms. The molecule has 2 aliphatic rings. The van der Waals surface area contributed by atoms with Crippen LogP contribution in [0.15, 0.2) is 72.1 Å². The zero-order chi connectivity index (χ0) is 22.5. The molecule has 8 nitrogen and oxygen atoms in total. The number of aromatic amines is 1. The second-order valence-corrected chi connectivity index (χ2v) is 10.1. The van der Waals surface area contributed by atoms with Gasteiger partial charge in [-0.1, -0.05) is 24.8 Å². The van der Waals surface area contributed by atoms with Gasteiger partial charge in [-0.3, -0.25) is 9.59 Å². The summed E-state index contributed by atoms with van der Waals surface area (Å²) in [5.74, 6) is -0.250. The Hall–Kier alpha value is -3.43. The van der Waals surface area contributed by atoms with Crippen LogP contribution in [0.5, 0.6) is 0 Å². The van der Waals surface area contributed by atoms with Crippen LogP contribution >= 0.6 is 0 Å². The van der Waals surface area contributed by atoms with E-state index in [2.05, 4.69) is 22.2 Å². The predicted molar refractivity (Wildman–Crippen MR) is 121 cm³/mol. The second kappa shape index (κ2) is 7.61. The Balaban J connectivity index is 1.23. The third-order valence-corrected chi connectivity index (χ3v) is 8.03. The zero-order valence-corrected chi connectivity index (χ0v) is 17.9. The molecule has 1 aromatic heterocycles. The third kappa shape index (κ3) is 3.59. The number of nitrogens with zero attached hydrogens (tertiary/aromatic N) is 1. The van der Waals surface area contributed by atoms with Crippen molar-refractivity contribution in [2.24, 2.45) is 11.8 Å². The van der Waals surface area contributed by atoms with E-state index in [0.717, 1.165) is 10.9 Å². The molecule has 2 fully saturated rings. The van der Waals surface area contributed by atoms with E-state index in [4.69, 9.17) is 0 Å². The van der Waals surface area contributed by atoms with Gasteiger partial charge in [0.15, 0.2) is 0 Å². The number of benzene rings is 2. The quantitative estimate of drug-likeness (QED) is 0.501. The van der Waals surface area contributed by atoms with Crippen molar-refractivity contribution >= 4 is 38.4 Å². The number of carbonyl (C=O) groups excluding carboxylic acids is 2. The average molecular weight is 451 g/mol. The highest BCUT2D eigenvalue weighted by Gasteiger charge is 2.58. The summed E-state index contributed by atoms with van der Waals surface area (Å²) in [6, 6.07) is 15.5. The number of aromatic nitrogens is 1. The van der Waals surface area contributed by atoms with Crippen LogP contribution < -0.4 is 10.6 Å². The molecule has 1 saturated carbocycles. The predicted octanol–water partition coefficient (Wildman–Crippen LogP) is 2.34. The Labute approximate surface area is 185 Å². The number of anilines is 1. The maximum Gasteiger partial charge on any atom is 0.272 e. The number of amides is 2. The van der Waals surface area contributed by atoms with Crippen molar-refractivity contribution in [2.75, 3.05) is 18.4 Å². The van der Waals surface area contributed by atoms with Crippen molar-refractivity contribution in [1.82, 2.24) is 14.6 Å². The van der Waals surface area contributed by atoms with Gasteiger partial charge in [-0.25, -0.2) is 8.42 Å². The van der Waals surface area contributed by atoms with Crippen LogP contribution in [-0.4, -0.2) is 48.7 Å². The van der Waals surface area contributed by atoms with Crippen LogP contribution in [0.1, 0.15) is 10.5 Å². The van der Waals surface area contributed by atoms with Crippen LogP contribution in [0.25, 0.3) is 10.9 Å². The normalized spacial score (nSPS) is 22.3. The van der Waals surface area contributed by atoms with Crippen LogP contribution in [0.4, 0.5) is 5.69 Å². The van der Waals surface area contributed by atoms with Gasteiger partial charge in [-0.15, -0.1) is 0 Å². The number of piperidine rings is 1. The van der Waals surface area contributed by atoms with Gasteiger partial charge in [-0.05, 0) is 54.3 Å². The fourth-order valence-electron chi connectivity index (χ4n) is 4.37. The molecule has 2 aromatic carbocycles. The molecule has 1 saturated heterocycles. The van der Waals surface area contributed by atoms with Gasteiger partial charge >= 0.3 is 0 Å². The van der Waals surface area contributed by atoms with Crippen LogP contribution in [-0.2, 0) is 14.8 Å². The Morgan fingerprint density at radius 3 is 2.41 bits per heavy atom. The minimum Gasteiger partial charge on any atom is -0.351 e. The molecule has 0 bridgehead atoms. The molecule has 2 heterocycles. The van der Waals surface area contributed by atoms with Crippen molar-refractivity contribution in [3.8, 4) is 0 Å². The van der Waals surface area contributed by atoms with E-state index in [1.165, 1.54) is 22.5 Å². The van der Waals surface area contributed by atoms with E-state index < -0.39 is 10.0 Å². The first-order chi connectivity index (χ1) is 15.4. The third-order valence-electron chi connectivity index (χ3n) is 6.18. The van der Waals surface area contributed by atoms with Crippen LogP contribution in [0.2, 0.25) is 0 Å². The minimum absolute atomic E-state index is 0.0224. The molecule has 3 N–H and O–H groups in total. The first-order valence-corrected chi connectivity index (χ1v) is 11.7. The fraction of sp³-hybridized carbons (Fsp3) is 0.217. The number of hydrogen-bond donors (Lipinski definition) is 3. The number of para-hydroxylation sites is 1. The van der Waals surface area contributed by atoms with E-state index in [-0.39, 0.29) is 34.6 Å². The highest BCUT2D eigenvalue weighted by Crippen LogP contribution is 2.47. The zero-order valence-electron chi connectivity index (χ0n) is 17.1. The lowest BCUT2D eigenvalue weighted by Gasteiger charge is -2.20. The topological polar surface area (TPSA) is 111 Å². The van der Waals surface area contributed by atoms with Gasteiger partial charge in [0.1, 0.15) is 5.69 Å². The second-order valence-electron chi connectivity index (χ2n) is 8.14. The summed E-state index contributed by atoms with van der Waals surface area (Å²) in [5, 5.41) is 6.57. The standard InChI is InChI=1S/C23H22N4O4S/c1-2-21(28)26-22-17-12-27(13-18(17)22)32(30,31)16-9-7-15(8-10-16)24-23(29)20-11-14-5-3-4-6-19(14)25-20/h2-11,17-18,22,25H,1,12-13H2,(H,24,29)(H,26,28). The first kappa shape index (κ1) is 20.5. The number of fused-ring (bicyclic) bond motifs is 2. The summed E-state index contributed by atoms with van der Waals surface area (Å²) in [4.78, 5) is 27.2. The molecule has 0 spiro atoms. The van der Waals surface area contributed by atoms with Gasteiger partial charge in [-0.2, -0.15) is 4.31 Å². The lowest BCUT2D eigenvalue weighted by molar-refractivity contribution is -0.116. The lowest BCUT2D eigenvalue weighted by atomic mass is 10.2. The summed E-state index contributed by atoms with van der Waals surface area (Å²) in [5.41, 5.74) is 1.80. The molecule has 164 valence electrons. The van der Waals surface area contributed by atoms with Gasteiger partial charge < -0.3 is 15.6 Å². The molecule has 1 aliphatic heterocycles. The Morgan fingerprint density at radius 2 is 1.75 bits per heavy atom. The lowest BCUT2D eigenvalue weighted by Crippen LogP contribution is -2.36. The van der Waals surface area contributed by atoms with Gasteiger partial charge in [0, 0.05) is 35.7 Å². The van der Waals surface area contributed by atoms with E-state index in [9.17, 15) is 18.0 Å². The average Bonchev–Trinajstić information content (AvgIpc) is 3.16. The molecule has 3 aromatic rings. The fourth-order valence-corrected chi connectivity index (χ4v) is 5.89. The summed E-state index contributed by atoms with van der Waals surface area (Å²) in [6.45, 7) is 4.20. The summed E-state index contributed by atoms with van der Waals surface area (Å²) in [7, 11) is -3.63. The Bertz CT molecular complexity index is 1280. The minimum atomic E-state index is -3.63. The van der Waals surface area contributed by atoms with E-state index in [1.54, 1.807) is 18.2 Å². The number of nitrogens with one attached hydrogen (secondary N) is 3. The largest absolute Gasteiger partial charge is 0.351 e. The molecule has 0 radical (unpaired) electrons. The van der Waals surface area contributed by atoms with Crippen molar-refractivity contribution < 1.29 is 18.0 Å². The summed E-state index contributed by atoms with van der Waals surface area (Å²) >= 11 is 0. The summed E-state index contributed by atoms with van der Waals surface area (Å²) < 4.78 is 27.4. The smallest absolute Gasteiger partial charge is 0.272 e. The Kier molecular flexibility index (Phi) is 4.87. The van der Waals surface area contributed by atoms with Crippen molar-refractivity contribution in [1.29, 1.82) is 0 Å². The number of carbonyl (C=O) groups is 2. The van der Waals surface area contributed by atoms with E-state index in [1.807, 2.05) is 24.3 Å². The van der Waals surface area contributed by atoms with Gasteiger partial charge in [0.2, 0.25) is 15.9 Å². The SMILES string of the molecule is C=CC(=O)NC1C2CN(S(=O)(=O)c3ccc(NC(=O)c4cc5ccccc5[nH]4)cc3)CC21. The highest BCUT2D eigenvalue weighted by molar-refractivity contribution is 7.89. The molecule has 2 atom stereocenters. The van der Waals surface area contributed by atoms with E-state index in [0.29, 0.717) is 24.5 Å². The number of H-pyrrole nitrogens is 1. The van der Waals surface area contributed by atoms with Crippen molar-refractivity contribution in [2.45, 2.75) is 10.9 Å². The number of hydrogen-bond acceptors (Lipinski definition) is 4. The molecule has 9 heteroatoms. The Morgan fingerprint density at radius 1 is 1.06 bits per heavy atom. The first-order valence-electron chi connectivity index (χ1n) is 10.3. The van der Waals surface area contributed by atoms with Gasteiger partial charge in [0.05, 0.1) is 4.90 Å². The number of rotatable bonds is 6. The monoisotopic (exact) mass is 450 g/mol. The van der Waals surface area contributed by atoms with Crippen LogP contribution in [0.3, 0.4) is 0 Å². The maximum absolute atomic E-state index is 13.0. The highest BCUT2D eigenvalue weighted by atomic mass is 32.2. The molecular formula is C23H22N4O4S. The molecular weight excluding hydrogens is 428 g/mol. The molecule has 1 aliphatic carbocycles. The summed E-state index contributed by atoms with van der Waals surface area (Å²) in [6.07, 6.45) is 1.22. The number of sulfonamides is 1. The van der Waals surface area contributed by atoms with Gasteiger partial charge in [0.25, 0.3) is 5.91 Å². The molecule has 2 amide bonds. The maximum atomic E-state index is 13.0. The molecule has 2 unspecified atom stereocenters. The van der Waals surface area contributed by atoms with Crippen molar-refractivity contribution in [3.05, 3.63) is 72.9 Å².